The van der Waals surface area contributed by atoms with E-state index in [1.165, 1.54) is 5.56 Å². The molecule has 2 aliphatic rings. The van der Waals surface area contributed by atoms with Gasteiger partial charge in [0.2, 0.25) is 0 Å². The number of ether oxygens (including phenoxy) is 2. The summed E-state index contributed by atoms with van der Waals surface area (Å²) in [4.78, 5) is 2.61. The summed E-state index contributed by atoms with van der Waals surface area (Å²) in [6.45, 7) is 6.05. The van der Waals surface area contributed by atoms with Crippen LogP contribution in [0.25, 0.3) is 0 Å². The predicted octanol–water partition coefficient (Wildman–Crippen LogP) is 3.57. The highest BCUT2D eigenvalue weighted by molar-refractivity contribution is 6.32. The van der Waals surface area contributed by atoms with E-state index in [0.717, 1.165) is 58.0 Å². The molecule has 3 rings (SSSR count). The lowest BCUT2D eigenvalue weighted by molar-refractivity contribution is 0.0212. The molecule has 0 bridgehead atoms. The first kappa shape index (κ1) is 21.8. The topological polar surface area (TPSA) is 33.7 Å². The van der Waals surface area contributed by atoms with Crippen LogP contribution in [-0.4, -0.2) is 51.4 Å². The Morgan fingerprint density at radius 2 is 1.88 bits per heavy atom. The van der Waals surface area contributed by atoms with Crippen LogP contribution in [0.3, 0.4) is 0 Å². The first-order chi connectivity index (χ1) is 10.8. The molecule has 4 nitrogen and oxygen atoms in total. The van der Waals surface area contributed by atoms with Crippen LogP contribution in [-0.2, 0) is 4.74 Å². The molecule has 2 heterocycles. The summed E-state index contributed by atoms with van der Waals surface area (Å²) in [5.74, 6) is 1.41. The summed E-state index contributed by atoms with van der Waals surface area (Å²) in [5, 5.41) is 4.12. The Kier molecular flexibility index (Phi) is 9.72. The van der Waals surface area contributed by atoms with Crippen LogP contribution in [0, 0.1) is 5.92 Å². The molecule has 1 atom stereocenters. The Labute approximate surface area is 162 Å². The average molecular weight is 398 g/mol. The molecular formula is C17H27Cl3N2O2. The number of piperazine rings is 1. The highest BCUT2D eigenvalue weighted by atomic mass is 35.5. The standard InChI is InChI=1S/C17H25ClN2O2.2ClH/c1-21-16-12-14(2-3-15(16)18)17(13-4-10-22-11-5-13)20-8-6-19-7-9-20;;/h2-3,12-13,17,19H,4-11H2,1H3;2*1H/t17-;;/m0../s1. The zero-order chi connectivity index (χ0) is 15.4. The van der Waals surface area contributed by atoms with Crippen molar-refractivity contribution in [2.75, 3.05) is 46.5 Å². The second-order valence-corrected chi connectivity index (χ2v) is 6.48. The van der Waals surface area contributed by atoms with E-state index in [-0.39, 0.29) is 24.8 Å². The average Bonchev–Trinajstić information content (AvgIpc) is 2.58. The van der Waals surface area contributed by atoms with Gasteiger partial charge in [0.15, 0.2) is 0 Å². The molecule has 1 aromatic rings. The second-order valence-electron chi connectivity index (χ2n) is 6.07. The quantitative estimate of drug-likeness (QED) is 0.842. The molecule has 2 saturated heterocycles. The van der Waals surface area contributed by atoms with Crippen LogP contribution in [0.4, 0.5) is 0 Å². The highest BCUT2D eigenvalue weighted by Gasteiger charge is 2.31. The number of halogens is 3. The van der Waals surface area contributed by atoms with Gasteiger partial charge in [0.1, 0.15) is 5.75 Å². The van der Waals surface area contributed by atoms with Gasteiger partial charge >= 0.3 is 0 Å². The first-order valence-corrected chi connectivity index (χ1v) is 8.53. The lowest BCUT2D eigenvalue weighted by Crippen LogP contribution is -2.47. The van der Waals surface area contributed by atoms with Crippen molar-refractivity contribution in [2.24, 2.45) is 5.92 Å². The zero-order valence-corrected chi connectivity index (χ0v) is 16.4. The smallest absolute Gasteiger partial charge is 0.137 e. The van der Waals surface area contributed by atoms with Crippen LogP contribution in [0.5, 0.6) is 5.75 Å². The highest BCUT2D eigenvalue weighted by Crippen LogP contribution is 2.38. The van der Waals surface area contributed by atoms with Crippen LogP contribution < -0.4 is 10.1 Å². The number of hydrogen-bond acceptors (Lipinski definition) is 4. The van der Waals surface area contributed by atoms with Crippen LogP contribution in [0.1, 0.15) is 24.4 Å². The van der Waals surface area contributed by atoms with Crippen molar-refractivity contribution < 1.29 is 9.47 Å². The molecule has 1 N–H and O–H groups in total. The van der Waals surface area contributed by atoms with E-state index in [9.17, 15) is 0 Å². The summed E-state index contributed by atoms with van der Waals surface area (Å²) in [6.07, 6.45) is 2.25. The fourth-order valence-electron chi connectivity index (χ4n) is 3.63. The summed E-state index contributed by atoms with van der Waals surface area (Å²) >= 11 is 6.20. The normalized spacial score (nSPS) is 20.6. The van der Waals surface area contributed by atoms with E-state index in [2.05, 4.69) is 22.3 Å². The Hall–Kier alpha value is -0.230. The minimum atomic E-state index is 0. The molecule has 2 fully saturated rings. The largest absolute Gasteiger partial charge is 0.495 e. The predicted molar refractivity (Wildman–Crippen MR) is 103 cm³/mol. The molecule has 0 unspecified atom stereocenters. The molecule has 0 aromatic heterocycles. The molecule has 0 aliphatic carbocycles. The fraction of sp³-hybridized carbons (Fsp3) is 0.647. The summed E-state index contributed by atoms with van der Waals surface area (Å²) in [6, 6.07) is 6.67. The third-order valence-corrected chi connectivity index (χ3v) is 5.09. The van der Waals surface area contributed by atoms with E-state index in [4.69, 9.17) is 21.1 Å². The maximum Gasteiger partial charge on any atom is 0.137 e. The minimum absolute atomic E-state index is 0. The van der Waals surface area contributed by atoms with Crippen molar-refractivity contribution in [3.05, 3.63) is 28.8 Å². The van der Waals surface area contributed by atoms with Gasteiger partial charge in [-0.15, -0.1) is 24.8 Å². The second kappa shape index (κ2) is 10.7. The maximum absolute atomic E-state index is 6.20. The van der Waals surface area contributed by atoms with Gasteiger partial charge in [-0.3, -0.25) is 4.90 Å². The van der Waals surface area contributed by atoms with Crippen LogP contribution in [0.2, 0.25) is 5.02 Å². The van der Waals surface area contributed by atoms with Crippen molar-refractivity contribution in [1.82, 2.24) is 10.2 Å². The third kappa shape index (κ3) is 5.13. The van der Waals surface area contributed by atoms with E-state index >= 15 is 0 Å². The fourth-order valence-corrected chi connectivity index (χ4v) is 3.83. The van der Waals surface area contributed by atoms with Crippen LogP contribution >= 0.6 is 36.4 Å². The van der Waals surface area contributed by atoms with E-state index in [1.807, 2.05) is 6.07 Å². The van der Waals surface area contributed by atoms with Crippen molar-refractivity contribution >= 4 is 36.4 Å². The SMILES string of the molecule is COc1cc([C@H](C2CCOCC2)N2CCNCC2)ccc1Cl.Cl.Cl. The summed E-state index contributed by atoms with van der Waals surface area (Å²) in [5.41, 5.74) is 1.31. The molecule has 0 spiro atoms. The number of nitrogens with zero attached hydrogens (tertiary/aromatic N) is 1. The molecule has 7 heteroatoms. The Morgan fingerprint density at radius 1 is 1.21 bits per heavy atom. The van der Waals surface area contributed by atoms with Gasteiger partial charge in [-0.25, -0.2) is 0 Å². The lowest BCUT2D eigenvalue weighted by Gasteiger charge is -2.41. The molecule has 1 aromatic carbocycles. The van der Waals surface area contributed by atoms with Crippen molar-refractivity contribution in [2.45, 2.75) is 18.9 Å². The van der Waals surface area contributed by atoms with E-state index in [1.54, 1.807) is 7.11 Å². The van der Waals surface area contributed by atoms with E-state index < -0.39 is 0 Å². The van der Waals surface area contributed by atoms with Gasteiger partial charge in [-0.1, -0.05) is 17.7 Å². The minimum Gasteiger partial charge on any atom is -0.495 e. The van der Waals surface area contributed by atoms with Crippen molar-refractivity contribution in [3.8, 4) is 5.75 Å². The number of nitrogens with one attached hydrogen (secondary N) is 1. The van der Waals surface area contributed by atoms with E-state index in [0.29, 0.717) is 17.0 Å². The molecule has 138 valence electrons. The van der Waals surface area contributed by atoms with Gasteiger partial charge < -0.3 is 14.8 Å². The number of rotatable bonds is 4. The molecule has 24 heavy (non-hydrogen) atoms. The Morgan fingerprint density at radius 3 is 2.50 bits per heavy atom. The summed E-state index contributed by atoms with van der Waals surface area (Å²) in [7, 11) is 1.68. The van der Waals surface area contributed by atoms with Crippen molar-refractivity contribution in [3.63, 3.8) is 0 Å². The first-order valence-electron chi connectivity index (χ1n) is 8.15. The van der Waals surface area contributed by atoms with Gasteiger partial charge in [-0.2, -0.15) is 0 Å². The van der Waals surface area contributed by atoms with Crippen molar-refractivity contribution in [1.29, 1.82) is 0 Å². The third-order valence-electron chi connectivity index (χ3n) is 4.77. The lowest BCUT2D eigenvalue weighted by atomic mass is 9.85. The Balaban J connectivity index is 0.00000144. The molecule has 2 aliphatic heterocycles. The van der Waals surface area contributed by atoms with Gasteiger partial charge in [-0.05, 0) is 36.5 Å². The van der Waals surface area contributed by atoms with Gasteiger partial charge in [0.25, 0.3) is 0 Å². The number of hydrogen-bond donors (Lipinski definition) is 1. The zero-order valence-electron chi connectivity index (χ0n) is 14.0. The Bertz CT molecular complexity index is 475. The maximum atomic E-state index is 6.20. The monoisotopic (exact) mass is 396 g/mol. The molecule has 0 amide bonds. The molecular weight excluding hydrogens is 371 g/mol. The molecule has 0 saturated carbocycles. The number of methoxy groups -OCH3 is 1. The molecule has 0 radical (unpaired) electrons. The number of benzene rings is 1. The van der Waals surface area contributed by atoms with Crippen LogP contribution in [0.15, 0.2) is 18.2 Å². The summed E-state index contributed by atoms with van der Waals surface area (Å²) < 4.78 is 11.0. The van der Waals surface area contributed by atoms with Gasteiger partial charge in [0.05, 0.1) is 12.1 Å². The van der Waals surface area contributed by atoms with Gasteiger partial charge in [0, 0.05) is 45.4 Å².